The Morgan fingerprint density at radius 2 is 1.88 bits per heavy atom. The molecule has 0 aliphatic heterocycles. The molecule has 0 radical (unpaired) electrons. The van der Waals surface area contributed by atoms with Crippen molar-refractivity contribution in [3.63, 3.8) is 0 Å². The predicted octanol–water partition coefficient (Wildman–Crippen LogP) is 6.53. The number of hydrogen-bond donors (Lipinski definition) is 1. The Bertz CT molecular complexity index is 1130. The van der Waals surface area contributed by atoms with Crippen molar-refractivity contribution in [2.24, 2.45) is 0 Å². The fraction of sp³-hybridized carbons (Fsp3) is 0.370. The van der Waals surface area contributed by atoms with Gasteiger partial charge in [-0.1, -0.05) is 80.9 Å². The number of carbonyl (C=O) groups excluding carboxylic acids is 1. The van der Waals surface area contributed by atoms with Crippen molar-refractivity contribution in [1.29, 1.82) is 0 Å². The van der Waals surface area contributed by atoms with Crippen molar-refractivity contribution in [3.8, 4) is 0 Å². The van der Waals surface area contributed by atoms with Gasteiger partial charge in [0.25, 0.3) is 11.7 Å². The summed E-state index contributed by atoms with van der Waals surface area (Å²) in [7, 11) is 0. The topological polar surface area (TPSA) is 68.0 Å². The zero-order valence-corrected chi connectivity index (χ0v) is 20.8. The average molecular weight is 466 g/mol. The highest BCUT2D eigenvalue weighted by Gasteiger charge is 2.16. The van der Waals surface area contributed by atoms with E-state index >= 15 is 0 Å². The molecule has 6 heteroatoms. The van der Waals surface area contributed by atoms with E-state index in [0.717, 1.165) is 28.7 Å². The highest BCUT2D eigenvalue weighted by atomic mass is 35.5. The molecule has 0 spiro atoms. The van der Waals surface area contributed by atoms with Crippen molar-refractivity contribution in [1.82, 2.24) is 15.5 Å². The number of rotatable bonds is 8. The Labute approximate surface area is 201 Å². The molecule has 0 unspecified atom stereocenters. The van der Waals surface area contributed by atoms with E-state index in [4.69, 9.17) is 16.1 Å². The maximum absolute atomic E-state index is 12.5. The molecule has 0 bridgehead atoms. The molecule has 0 aliphatic carbocycles. The zero-order valence-electron chi connectivity index (χ0n) is 20.0. The van der Waals surface area contributed by atoms with Gasteiger partial charge in [-0.2, -0.15) is 4.98 Å². The summed E-state index contributed by atoms with van der Waals surface area (Å²) in [5.41, 5.74) is 5.85. The van der Waals surface area contributed by atoms with E-state index in [1.54, 1.807) is 0 Å². The lowest BCUT2D eigenvalue weighted by atomic mass is 9.86. The average Bonchev–Trinajstić information content (AvgIpc) is 3.23. The van der Waals surface area contributed by atoms with Crippen molar-refractivity contribution >= 4 is 23.1 Å². The summed E-state index contributed by atoms with van der Waals surface area (Å²) < 4.78 is 5.30. The summed E-state index contributed by atoms with van der Waals surface area (Å²) in [6.07, 6.45) is 4.25. The quantitative estimate of drug-likeness (QED) is 0.410. The van der Waals surface area contributed by atoms with E-state index in [2.05, 4.69) is 80.4 Å². The monoisotopic (exact) mass is 465 g/mol. The van der Waals surface area contributed by atoms with Gasteiger partial charge in [0.2, 0.25) is 5.89 Å². The van der Waals surface area contributed by atoms with Crippen molar-refractivity contribution in [2.75, 3.05) is 6.54 Å². The summed E-state index contributed by atoms with van der Waals surface area (Å²) >= 11 is 6.19. The van der Waals surface area contributed by atoms with Crippen molar-refractivity contribution in [2.45, 2.75) is 59.3 Å². The Morgan fingerprint density at radius 3 is 2.55 bits per heavy atom. The fourth-order valence-electron chi connectivity index (χ4n) is 3.64. The third kappa shape index (κ3) is 6.78. The number of carbonyl (C=O) groups is 1. The molecule has 3 rings (SSSR count). The van der Waals surface area contributed by atoms with Gasteiger partial charge < -0.3 is 9.84 Å². The van der Waals surface area contributed by atoms with Gasteiger partial charge in [-0.05, 0) is 65.1 Å². The van der Waals surface area contributed by atoms with Gasteiger partial charge in [0.1, 0.15) is 0 Å². The first-order chi connectivity index (χ1) is 15.7. The normalized spacial score (nSPS) is 12.1. The second-order valence-corrected chi connectivity index (χ2v) is 9.67. The molecule has 1 N–H and O–H groups in total. The van der Waals surface area contributed by atoms with E-state index in [1.165, 1.54) is 5.56 Å². The van der Waals surface area contributed by atoms with Crippen LogP contribution in [-0.4, -0.2) is 22.6 Å². The number of nitrogens with zero attached hydrogens (tertiary/aromatic N) is 2. The molecule has 0 fully saturated rings. The zero-order chi connectivity index (χ0) is 24.0. The summed E-state index contributed by atoms with van der Waals surface area (Å²) in [6.45, 7) is 11.2. The lowest BCUT2D eigenvalue weighted by Crippen LogP contribution is -2.25. The van der Waals surface area contributed by atoms with Crippen LogP contribution in [0.1, 0.15) is 79.3 Å². The van der Waals surface area contributed by atoms with Gasteiger partial charge in [-0.25, -0.2) is 0 Å². The van der Waals surface area contributed by atoms with Crippen LogP contribution in [0, 0.1) is 6.92 Å². The van der Waals surface area contributed by atoms with E-state index < -0.39 is 0 Å². The second-order valence-electron chi connectivity index (χ2n) is 9.24. The molecule has 0 atom stereocenters. The van der Waals surface area contributed by atoms with Gasteiger partial charge in [0, 0.05) is 11.6 Å². The first-order valence-electron chi connectivity index (χ1n) is 11.3. The highest BCUT2D eigenvalue weighted by molar-refractivity contribution is 6.30. The molecule has 5 nitrogen and oxygen atoms in total. The number of benzene rings is 2. The van der Waals surface area contributed by atoms with Crippen molar-refractivity contribution < 1.29 is 9.32 Å². The molecule has 3 aromatic rings. The third-order valence-corrected chi connectivity index (χ3v) is 5.76. The fourth-order valence-corrected chi connectivity index (χ4v) is 3.81. The SMILES string of the molecule is CC/C=C(/CCNC(=O)c1noc(Cc2ccc(C(C)(C)C)cc2)n1)c1cc(Cl)ccc1C. The van der Waals surface area contributed by atoms with Gasteiger partial charge >= 0.3 is 0 Å². The van der Waals surface area contributed by atoms with Gasteiger partial charge in [-0.15, -0.1) is 0 Å². The number of aryl methyl sites for hydroxylation is 1. The summed E-state index contributed by atoms with van der Waals surface area (Å²) in [6, 6.07) is 14.2. The van der Waals surface area contributed by atoms with Crippen LogP contribution < -0.4 is 5.32 Å². The molecule has 174 valence electrons. The van der Waals surface area contributed by atoms with E-state index in [1.807, 2.05) is 18.2 Å². The minimum absolute atomic E-state index is 0.0521. The number of hydrogen-bond acceptors (Lipinski definition) is 4. The molecule has 0 saturated carbocycles. The largest absolute Gasteiger partial charge is 0.349 e. The molecule has 0 aliphatic rings. The van der Waals surface area contributed by atoms with Crippen LogP contribution in [-0.2, 0) is 11.8 Å². The van der Waals surface area contributed by atoms with Gasteiger partial charge in [-0.3, -0.25) is 4.79 Å². The van der Waals surface area contributed by atoms with Crippen molar-refractivity contribution in [3.05, 3.63) is 87.5 Å². The summed E-state index contributed by atoms with van der Waals surface area (Å²) in [4.78, 5) is 16.8. The summed E-state index contributed by atoms with van der Waals surface area (Å²) in [5, 5.41) is 7.45. The first-order valence-corrected chi connectivity index (χ1v) is 11.7. The van der Waals surface area contributed by atoms with Gasteiger partial charge in [0.15, 0.2) is 0 Å². The predicted molar refractivity (Wildman–Crippen MR) is 134 cm³/mol. The summed E-state index contributed by atoms with van der Waals surface area (Å²) in [5.74, 6) is 0.132. The van der Waals surface area contributed by atoms with Crippen LogP contribution >= 0.6 is 11.6 Å². The number of aromatic nitrogens is 2. The van der Waals surface area contributed by atoms with Crippen LogP contribution in [0.5, 0.6) is 0 Å². The molecule has 0 saturated heterocycles. The van der Waals surface area contributed by atoms with Crippen LogP contribution in [0.15, 0.2) is 53.1 Å². The van der Waals surface area contributed by atoms with Crippen LogP contribution in [0.2, 0.25) is 5.02 Å². The van der Waals surface area contributed by atoms with Crippen LogP contribution in [0.25, 0.3) is 5.57 Å². The number of amides is 1. The van der Waals surface area contributed by atoms with Crippen LogP contribution in [0.4, 0.5) is 0 Å². The molecule has 1 heterocycles. The Kier molecular flexibility index (Phi) is 8.09. The van der Waals surface area contributed by atoms with E-state index in [0.29, 0.717) is 30.3 Å². The molecule has 33 heavy (non-hydrogen) atoms. The molecule has 1 aromatic heterocycles. The van der Waals surface area contributed by atoms with Gasteiger partial charge in [0.05, 0.1) is 6.42 Å². The lowest BCUT2D eigenvalue weighted by molar-refractivity contribution is 0.0941. The standard InChI is InChI=1S/C27H32ClN3O2/c1-6-7-20(23-17-22(28)13-8-18(23)2)14-15-29-26(32)25-30-24(33-31-25)16-19-9-11-21(12-10-19)27(3,4)5/h7-13,17H,6,14-16H2,1-5H3,(H,29,32)/b20-7-. The Balaban J connectivity index is 1.58. The Hall–Kier alpha value is -2.92. The lowest BCUT2D eigenvalue weighted by Gasteiger charge is -2.18. The maximum Gasteiger partial charge on any atom is 0.292 e. The molecular formula is C27H32ClN3O2. The maximum atomic E-state index is 12.5. The van der Waals surface area contributed by atoms with E-state index in [-0.39, 0.29) is 17.1 Å². The second kappa shape index (κ2) is 10.8. The number of allylic oxidation sites excluding steroid dienone is 1. The highest BCUT2D eigenvalue weighted by Crippen LogP contribution is 2.26. The minimum atomic E-state index is -0.341. The van der Waals surface area contributed by atoms with E-state index in [9.17, 15) is 4.79 Å². The molecule has 2 aromatic carbocycles. The van der Waals surface area contributed by atoms with Crippen LogP contribution in [0.3, 0.4) is 0 Å². The number of halogens is 1. The molecule has 1 amide bonds. The smallest absolute Gasteiger partial charge is 0.292 e. The third-order valence-electron chi connectivity index (χ3n) is 5.52. The first kappa shape index (κ1) is 24.7. The Morgan fingerprint density at radius 1 is 1.15 bits per heavy atom. The minimum Gasteiger partial charge on any atom is -0.349 e. The molecular weight excluding hydrogens is 434 g/mol. The number of nitrogens with one attached hydrogen (secondary N) is 1.